The third-order valence-corrected chi connectivity index (χ3v) is 5.65. The van der Waals surface area contributed by atoms with Gasteiger partial charge in [0.15, 0.2) is 6.29 Å². The summed E-state index contributed by atoms with van der Waals surface area (Å²) in [6.45, 7) is -0.483. The Morgan fingerprint density at radius 2 is 1.65 bits per heavy atom. The van der Waals surface area contributed by atoms with Gasteiger partial charge in [-0.15, -0.1) is 0 Å². The summed E-state index contributed by atoms with van der Waals surface area (Å²) in [5, 5.41) is 49.7. The largest absolute Gasteiger partial charge is 0.508 e. The van der Waals surface area contributed by atoms with Crippen LogP contribution in [-0.4, -0.2) is 76.1 Å². The molecule has 0 radical (unpaired) electrons. The van der Waals surface area contributed by atoms with Gasteiger partial charge in [0.25, 0.3) is 0 Å². The van der Waals surface area contributed by atoms with Gasteiger partial charge in [0, 0.05) is 25.2 Å². The van der Waals surface area contributed by atoms with Gasteiger partial charge in [-0.3, -0.25) is 0 Å². The van der Waals surface area contributed by atoms with E-state index in [0.717, 1.165) is 5.56 Å². The van der Waals surface area contributed by atoms with Crippen LogP contribution in [0, 0.1) is 0 Å². The highest BCUT2D eigenvalue weighted by molar-refractivity contribution is 5.45. The molecule has 2 aromatic rings. The van der Waals surface area contributed by atoms with Gasteiger partial charge in [0.2, 0.25) is 0 Å². The first-order chi connectivity index (χ1) is 14.9. The number of hydrogen-bond donors (Lipinski definition) is 5. The zero-order chi connectivity index (χ0) is 22.1. The van der Waals surface area contributed by atoms with Crippen LogP contribution in [0.25, 0.3) is 0 Å². The lowest BCUT2D eigenvalue weighted by molar-refractivity contribution is -0.313. The summed E-state index contributed by atoms with van der Waals surface area (Å²) in [7, 11) is 1.38. The third kappa shape index (κ3) is 4.33. The van der Waals surface area contributed by atoms with Crippen LogP contribution in [0.15, 0.2) is 42.5 Å². The number of aliphatic hydroxyl groups is 3. The van der Waals surface area contributed by atoms with Gasteiger partial charge in [-0.05, 0) is 29.8 Å². The lowest BCUT2D eigenvalue weighted by Gasteiger charge is -2.42. The molecule has 2 aliphatic rings. The van der Waals surface area contributed by atoms with Crippen LogP contribution in [0.2, 0.25) is 0 Å². The number of phenols is 2. The highest BCUT2D eigenvalue weighted by atomic mass is 16.7. The van der Waals surface area contributed by atoms with Crippen molar-refractivity contribution >= 4 is 0 Å². The molecule has 4 rings (SSSR count). The van der Waals surface area contributed by atoms with Crippen molar-refractivity contribution in [3.63, 3.8) is 0 Å². The molecule has 2 heterocycles. The number of fused-ring (bicyclic) bond motifs is 1. The highest BCUT2D eigenvalue weighted by Gasteiger charge is 2.48. The van der Waals surface area contributed by atoms with Gasteiger partial charge < -0.3 is 44.5 Å². The van der Waals surface area contributed by atoms with Gasteiger partial charge in [0.05, 0.1) is 6.61 Å². The Hall–Kier alpha value is -2.40. The molecule has 5 unspecified atom stereocenters. The maximum Gasteiger partial charge on any atom is 0.186 e. The molecule has 2 aliphatic heterocycles. The van der Waals surface area contributed by atoms with E-state index in [0.29, 0.717) is 17.7 Å². The van der Waals surface area contributed by atoms with Crippen molar-refractivity contribution in [3.05, 3.63) is 53.6 Å². The molecule has 0 spiro atoms. The summed E-state index contributed by atoms with van der Waals surface area (Å²) >= 11 is 0. The van der Waals surface area contributed by atoms with Crippen molar-refractivity contribution in [1.82, 2.24) is 0 Å². The van der Waals surface area contributed by atoms with Crippen molar-refractivity contribution in [2.24, 2.45) is 0 Å². The number of rotatable bonds is 6. The second-order valence-electron chi connectivity index (χ2n) is 7.71. The van der Waals surface area contributed by atoms with Crippen LogP contribution in [-0.2, 0) is 20.6 Å². The smallest absolute Gasteiger partial charge is 0.186 e. The zero-order valence-corrected chi connectivity index (χ0v) is 16.9. The third-order valence-electron chi connectivity index (χ3n) is 5.65. The van der Waals surface area contributed by atoms with E-state index < -0.39 is 49.5 Å². The normalized spacial score (nSPS) is 32.5. The molecular weight excluding hydrogens is 408 g/mol. The number of ether oxygens (including phenoxy) is 4. The van der Waals surface area contributed by atoms with Crippen molar-refractivity contribution in [1.29, 1.82) is 0 Å². The molecule has 168 valence electrons. The van der Waals surface area contributed by atoms with E-state index in [1.807, 2.05) is 0 Å². The summed E-state index contributed by atoms with van der Waals surface area (Å²) in [5.74, 6) is 0.637. The Morgan fingerprint density at radius 3 is 2.32 bits per heavy atom. The van der Waals surface area contributed by atoms with Crippen LogP contribution in [0.5, 0.6) is 17.2 Å². The first-order valence-electron chi connectivity index (χ1n) is 9.99. The fourth-order valence-corrected chi connectivity index (χ4v) is 4.02. The Labute approximate surface area is 179 Å². The maximum absolute atomic E-state index is 10.6. The van der Waals surface area contributed by atoms with Crippen molar-refractivity contribution in [3.8, 4) is 17.2 Å². The Kier molecular flexibility index (Phi) is 6.33. The predicted molar refractivity (Wildman–Crippen MR) is 107 cm³/mol. The second-order valence-corrected chi connectivity index (χ2v) is 7.71. The summed E-state index contributed by atoms with van der Waals surface area (Å²) in [6.07, 6.45) is -6.57. The second kappa shape index (κ2) is 8.99. The average Bonchev–Trinajstić information content (AvgIpc) is 3.09. The van der Waals surface area contributed by atoms with E-state index in [2.05, 4.69) is 0 Å². The molecule has 31 heavy (non-hydrogen) atoms. The topological polar surface area (TPSA) is 138 Å². The summed E-state index contributed by atoms with van der Waals surface area (Å²) in [4.78, 5) is 0. The molecule has 1 saturated heterocycles. The molecule has 0 bridgehead atoms. The first-order valence-corrected chi connectivity index (χ1v) is 9.99. The van der Waals surface area contributed by atoms with Gasteiger partial charge >= 0.3 is 0 Å². The number of methoxy groups -OCH3 is 1. The van der Waals surface area contributed by atoms with Crippen LogP contribution >= 0.6 is 0 Å². The lowest BCUT2D eigenvalue weighted by atomic mass is 9.96. The van der Waals surface area contributed by atoms with Crippen LogP contribution in [0.4, 0.5) is 0 Å². The zero-order valence-electron chi connectivity index (χ0n) is 16.9. The molecule has 9 nitrogen and oxygen atoms in total. The van der Waals surface area contributed by atoms with Crippen LogP contribution in [0.3, 0.4) is 0 Å². The SMILES string of the molecule is COC1OC(CO)C(O)C(O)C1O[C@H]1c2ccc(O)cc2O[C@@H]1Cc1ccc(O)cc1. The molecular formula is C22H26O9. The molecule has 0 aliphatic carbocycles. The molecule has 0 saturated carbocycles. The standard InChI is InChI=1S/C22H26O9/c1-28-22-21(19(27)18(26)17(10-23)30-22)31-20-14-7-6-13(25)9-15(14)29-16(20)8-11-2-4-12(24)5-3-11/h2-7,9,16-27H,8,10H2,1H3/t16-,17?,18?,19?,20+,21?,22?/m1/s1. The van der Waals surface area contributed by atoms with Crippen LogP contribution < -0.4 is 4.74 Å². The number of aromatic hydroxyl groups is 2. The summed E-state index contributed by atoms with van der Waals surface area (Å²) < 4.78 is 23.1. The quantitative estimate of drug-likeness (QED) is 0.443. The highest BCUT2D eigenvalue weighted by Crippen LogP contribution is 2.44. The Balaban J connectivity index is 1.61. The minimum Gasteiger partial charge on any atom is -0.508 e. The molecule has 9 heteroatoms. The predicted octanol–water partition coefficient (Wildman–Crippen LogP) is 0.613. The average molecular weight is 434 g/mol. The van der Waals surface area contributed by atoms with E-state index in [-0.39, 0.29) is 11.5 Å². The number of phenolic OH excluding ortho intramolecular Hbond substituents is 2. The van der Waals surface area contributed by atoms with Gasteiger partial charge in [0.1, 0.15) is 53.9 Å². The number of benzene rings is 2. The lowest BCUT2D eigenvalue weighted by Crippen LogP contribution is -2.60. The Morgan fingerprint density at radius 1 is 0.935 bits per heavy atom. The minimum absolute atomic E-state index is 0.0415. The van der Waals surface area contributed by atoms with E-state index in [1.54, 1.807) is 30.3 Å². The van der Waals surface area contributed by atoms with Crippen molar-refractivity contribution < 1.29 is 44.5 Å². The molecule has 7 atom stereocenters. The first kappa shape index (κ1) is 21.8. The van der Waals surface area contributed by atoms with Crippen LogP contribution in [0.1, 0.15) is 17.2 Å². The van der Waals surface area contributed by atoms with Gasteiger partial charge in [-0.1, -0.05) is 12.1 Å². The molecule has 2 aromatic carbocycles. The van der Waals surface area contributed by atoms with Gasteiger partial charge in [-0.25, -0.2) is 0 Å². The number of aliphatic hydroxyl groups excluding tert-OH is 3. The number of hydrogen-bond acceptors (Lipinski definition) is 9. The van der Waals surface area contributed by atoms with E-state index in [1.165, 1.54) is 19.2 Å². The van der Waals surface area contributed by atoms with Crippen molar-refractivity contribution in [2.45, 2.75) is 49.3 Å². The molecule has 5 N–H and O–H groups in total. The van der Waals surface area contributed by atoms with E-state index >= 15 is 0 Å². The monoisotopic (exact) mass is 434 g/mol. The molecule has 0 amide bonds. The molecule has 0 aromatic heterocycles. The summed E-state index contributed by atoms with van der Waals surface area (Å²) in [5.41, 5.74) is 1.56. The summed E-state index contributed by atoms with van der Waals surface area (Å²) in [6, 6.07) is 11.4. The maximum atomic E-state index is 10.6. The molecule has 1 fully saturated rings. The van der Waals surface area contributed by atoms with Gasteiger partial charge in [-0.2, -0.15) is 0 Å². The van der Waals surface area contributed by atoms with Crippen molar-refractivity contribution in [2.75, 3.05) is 13.7 Å². The minimum atomic E-state index is -1.37. The fraction of sp³-hybridized carbons (Fsp3) is 0.455. The Bertz CT molecular complexity index is 885. The fourth-order valence-electron chi connectivity index (χ4n) is 4.02. The van der Waals surface area contributed by atoms with E-state index in [4.69, 9.17) is 18.9 Å². The van der Waals surface area contributed by atoms with E-state index in [9.17, 15) is 25.5 Å².